The van der Waals surface area contributed by atoms with Gasteiger partial charge in [-0.25, -0.2) is 27.8 Å². The van der Waals surface area contributed by atoms with Gasteiger partial charge in [0, 0.05) is 35.0 Å². The molecule has 0 saturated heterocycles. The van der Waals surface area contributed by atoms with Crippen molar-refractivity contribution >= 4 is 59.5 Å². The number of sulfone groups is 1. The number of anilines is 2. The van der Waals surface area contributed by atoms with E-state index in [-0.39, 0.29) is 18.2 Å². The summed E-state index contributed by atoms with van der Waals surface area (Å²) in [6.45, 7) is 1.50. The standard InChI is InChI=1S/C36H33BrFN5O3S2/c1-43(17-18-48(44,45)29-9-3-2-4-10-29)16-6-11-35-42-33(23-47-35)26-12-14-32-30(20-26)36(40-24-39-32)41-28-13-15-34(31(37)21-28)46-22-25-7-5-8-27(38)19-25/h2-5,7-10,12-15,19-21,23-24H,6,11,16-18,22H2,1H3,(H,39,40,41). The van der Waals surface area contributed by atoms with Crippen molar-refractivity contribution in [2.45, 2.75) is 24.3 Å². The van der Waals surface area contributed by atoms with E-state index in [0.717, 1.165) is 62.3 Å². The molecule has 6 aromatic rings. The Morgan fingerprint density at radius 1 is 0.958 bits per heavy atom. The van der Waals surface area contributed by atoms with Gasteiger partial charge in [-0.2, -0.15) is 0 Å². The molecule has 0 aliphatic carbocycles. The molecule has 246 valence electrons. The van der Waals surface area contributed by atoms with Gasteiger partial charge in [0.2, 0.25) is 0 Å². The molecule has 0 atom stereocenters. The predicted octanol–water partition coefficient (Wildman–Crippen LogP) is 8.32. The number of aromatic nitrogens is 3. The summed E-state index contributed by atoms with van der Waals surface area (Å²) in [6, 6.07) is 26.6. The maximum Gasteiger partial charge on any atom is 0.179 e. The van der Waals surface area contributed by atoms with Crippen molar-refractivity contribution in [3.8, 4) is 17.0 Å². The molecule has 0 amide bonds. The average Bonchev–Trinajstić information content (AvgIpc) is 3.56. The van der Waals surface area contributed by atoms with Crippen LogP contribution in [0, 0.1) is 5.82 Å². The number of benzene rings is 4. The maximum absolute atomic E-state index is 13.5. The molecule has 0 spiro atoms. The molecule has 0 saturated carbocycles. The highest BCUT2D eigenvalue weighted by Gasteiger charge is 2.15. The molecule has 0 fully saturated rings. The third-order valence-electron chi connectivity index (χ3n) is 7.74. The lowest BCUT2D eigenvalue weighted by molar-refractivity contribution is 0.303. The van der Waals surface area contributed by atoms with Crippen LogP contribution in [-0.2, 0) is 22.9 Å². The maximum atomic E-state index is 13.5. The Kier molecular flexibility index (Phi) is 10.8. The third kappa shape index (κ3) is 8.62. The first-order valence-electron chi connectivity index (χ1n) is 15.3. The number of rotatable bonds is 14. The summed E-state index contributed by atoms with van der Waals surface area (Å²) in [4.78, 5) is 16.3. The van der Waals surface area contributed by atoms with Gasteiger partial charge in [0.1, 0.15) is 30.3 Å². The number of nitrogens with one attached hydrogen (secondary N) is 1. The van der Waals surface area contributed by atoms with Crippen LogP contribution in [0.1, 0.15) is 17.0 Å². The van der Waals surface area contributed by atoms with Gasteiger partial charge in [0.15, 0.2) is 9.84 Å². The van der Waals surface area contributed by atoms with Gasteiger partial charge >= 0.3 is 0 Å². The number of fused-ring (bicyclic) bond motifs is 1. The minimum atomic E-state index is -3.29. The minimum Gasteiger partial charge on any atom is -0.488 e. The van der Waals surface area contributed by atoms with Gasteiger partial charge < -0.3 is 15.0 Å². The van der Waals surface area contributed by atoms with Crippen molar-refractivity contribution in [1.29, 1.82) is 0 Å². The second-order valence-electron chi connectivity index (χ2n) is 11.3. The molecule has 2 heterocycles. The first-order chi connectivity index (χ1) is 23.2. The summed E-state index contributed by atoms with van der Waals surface area (Å²) in [5.41, 5.74) is 4.21. The van der Waals surface area contributed by atoms with Gasteiger partial charge in [0.25, 0.3) is 0 Å². The van der Waals surface area contributed by atoms with Gasteiger partial charge in [-0.05, 0) is 96.1 Å². The van der Waals surface area contributed by atoms with E-state index in [9.17, 15) is 12.8 Å². The number of halogens is 2. The SMILES string of the molecule is CN(CCCc1nc(-c2ccc3ncnc(Nc4ccc(OCc5cccc(F)c5)c(Br)c4)c3c2)cs1)CCS(=O)(=O)c1ccccc1. The Hall–Kier alpha value is -4.23. The third-order valence-corrected chi connectivity index (χ3v) is 11.0. The topological polar surface area (TPSA) is 97.3 Å². The summed E-state index contributed by atoms with van der Waals surface area (Å²) < 4.78 is 45.4. The van der Waals surface area contributed by atoms with Crippen LogP contribution in [0.5, 0.6) is 5.75 Å². The fraction of sp³-hybridized carbons (Fsp3) is 0.194. The first kappa shape index (κ1) is 33.7. The number of ether oxygens (including phenoxy) is 1. The Morgan fingerprint density at radius 2 is 1.81 bits per heavy atom. The Morgan fingerprint density at radius 3 is 2.62 bits per heavy atom. The van der Waals surface area contributed by atoms with E-state index >= 15 is 0 Å². The van der Waals surface area contributed by atoms with Crippen LogP contribution in [0.4, 0.5) is 15.9 Å². The Balaban J connectivity index is 1.06. The van der Waals surface area contributed by atoms with E-state index in [1.54, 1.807) is 41.7 Å². The minimum absolute atomic E-state index is 0.0897. The zero-order chi connectivity index (χ0) is 33.5. The van der Waals surface area contributed by atoms with Gasteiger partial charge in [-0.1, -0.05) is 36.4 Å². The Labute approximate surface area is 291 Å². The molecule has 0 unspecified atom stereocenters. The van der Waals surface area contributed by atoms with E-state index in [0.29, 0.717) is 23.0 Å². The lowest BCUT2D eigenvalue weighted by Crippen LogP contribution is -2.27. The van der Waals surface area contributed by atoms with Crippen LogP contribution in [0.15, 0.2) is 112 Å². The zero-order valence-electron chi connectivity index (χ0n) is 26.1. The number of aryl methyl sites for hydroxylation is 1. The molecule has 8 nitrogen and oxygen atoms in total. The van der Waals surface area contributed by atoms with E-state index in [4.69, 9.17) is 9.72 Å². The van der Waals surface area contributed by atoms with E-state index < -0.39 is 9.84 Å². The quantitative estimate of drug-likeness (QED) is 0.119. The van der Waals surface area contributed by atoms with Gasteiger partial charge in [0.05, 0.1) is 31.3 Å². The second-order valence-corrected chi connectivity index (χ2v) is 15.2. The fourth-order valence-electron chi connectivity index (χ4n) is 5.13. The van der Waals surface area contributed by atoms with Crippen molar-refractivity contribution < 1.29 is 17.5 Å². The fourth-order valence-corrected chi connectivity index (χ4v) is 7.83. The Bertz CT molecular complexity index is 2130. The van der Waals surface area contributed by atoms with Crippen LogP contribution in [-0.4, -0.2) is 54.2 Å². The summed E-state index contributed by atoms with van der Waals surface area (Å²) in [5, 5.41) is 7.35. The van der Waals surface area contributed by atoms with Crippen molar-refractivity contribution in [1.82, 2.24) is 19.9 Å². The molecular weight excluding hydrogens is 713 g/mol. The average molecular weight is 747 g/mol. The van der Waals surface area contributed by atoms with Crippen LogP contribution in [0.25, 0.3) is 22.2 Å². The molecule has 0 radical (unpaired) electrons. The lowest BCUT2D eigenvalue weighted by Gasteiger charge is -2.16. The molecule has 1 N–H and O–H groups in total. The van der Waals surface area contributed by atoms with Crippen molar-refractivity contribution in [2.75, 3.05) is 31.2 Å². The highest BCUT2D eigenvalue weighted by atomic mass is 79.9. The van der Waals surface area contributed by atoms with Crippen molar-refractivity contribution in [3.63, 3.8) is 0 Å². The molecule has 0 aliphatic heterocycles. The zero-order valence-corrected chi connectivity index (χ0v) is 29.4. The predicted molar refractivity (Wildman–Crippen MR) is 193 cm³/mol. The largest absolute Gasteiger partial charge is 0.488 e. The van der Waals surface area contributed by atoms with Crippen LogP contribution >= 0.6 is 27.3 Å². The monoisotopic (exact) mass is 745 g/mol. The normalized spacial score (nSPS) is 11.7. The number of thiazole rings is 1. The van der Waals surface area contributed by atoms with E-state index in [1.807, 2.05) is 55.6 Å². The first-order valence-corrected chi connectivity index (χ1v) is 18.7. The number of nitrogens with zero attached hydrogens (tertiary/aromatic N) is 4. The lowest BCUT2D eigenvalue weighted by atomic mass is 10.1. The molecule has 48 heavy (non-hydrogen) atoms. The van der Waals surface area contributed by atoms with Gasteiger partial charge in [-0.3, -0.25) is 0 Å². The molecule has 12 heteroatoms. The van der Waals surface area contributed by atoms with Crippen molar-refractivity contribution in [2.24, 2.45) is 0 Å². The van der Waals surface area contributed by atoms with Gasteiger partial charge in [-0.15, -0.1) is 11.3 Å². The van der Waals surface area contributed by atoms with Crippen LogP contribution in [0.2, 0.25) is 0 Å². The summed E-state index contributed by atoms with van der Waals surface area (Å²) in [7, 11) is -1.34. The van der Waals surface area contributed by atoms with E-state index in [1.165, 1.54) is 18.5 Å². The molecule has 0 aliphatic rings. The molecule has 2 aromatic heterocycles. The summed E-state index contributed by atoms with van der Waals surface area (Å²) in [5.74, 6) is 1.10. The number of hydrogen-bond acceptors (Lipinski definition) is 9. The van der Waals surface area contributed by atoms with Crippen molar-refractivity contribution in [3.05, 3.63) is 124 Å². The smallest absolute Gasteiger partial charge is 0.179 e. The summed E-state index contributed by atoms with van der Waals surface area (Å²) >= 11 is 5.21. The molecular formula is C36H33BrFN5O3S2. The van der Waals surface area contributed by atoms with Crippen LogP contribution < -0.4 is 10.1 Å². The highest BCUT2D eigenvalue weighted by Crippen LogP contribution is 2.33. The van der Waals surface area contributed by atoms with E-state index in [2.05, 4.69) is 41.5 Å². The van der Waals surface area contributed by atoms with Crippen LogP contribution in [0.3, 0.4) is 0 Å². The number of hydrogen-bond donors (Lipinski definition) is 1. The molecule has 6 rings (SSSR count). The highest BCUT2D eigenvalue weighted by molar-refractivity contribution is 9.10. The molecule has 4 aromatic carbocycles. The molecule has 0 bridgehead atoms. The second kappa shape index (κ2) is 15.3. The summed E-state index contributed by atoms with van der Waals surface area (Å²) in [6.07, 6.45) is 3.21.